The van der Waals surface area contributed by atoms with Crippen molar-refractivity contribution in [1.29, 1.82) is 5.26 Å². The molecule has 0 spiro atoms. The topological polar surface area (TPSA) is 109 Å². The van der Waals surface area contributed by atoms with Crippen molar-refractivity contribution in [2.45, 2.75) is 0 Å². The van der Waals surface area contributed by atoms with Gasteiger partial charge in [-0.05, 0) is 12.1 Å². The fraction of sp³-hybridized carbons (Fsp3) is 0.154. The zero-order valence-electron chi connectivity index (χ0n) is 10.8. The van der Waals surface area contributed by atoms with E-state index in [-0.39, 0.29) is 22.7 Å². The predicted molar refractivity (Wildman–Crippen MR) is 68.6 cm³/mol. The van der Waals surface area contributed by atoms with Crippen molar-refractivity contribution in [3.05, 3.63) is 35.5 Å². The SMILES string of the molecule is COC(=O)/C=C(/Nc1cc(O)cc(C#N)c1)C(=O)OC. The largest absolute Gasteiger partial charge is 0.508 e. The Kier molecular flexibility index (Phi) is 5.12. The smallest absolute Gasteiger partial charge is 0.354 e. The number of hydrogen-bond donors (Lipinski definition) is 2. The Morgan fingerprint density at radius 2 is 2.00 bits per heavy atom. The van der Waals surface area contributed by atoms with Gasteiger partial charge in [-0.3, -0.25) is 0 Å². The molecule has 0 amide bonds. The molecule has 1 aromatic carbocycles. The Balaban J connectivity index is 3.10. The summed E-state index contributed by atoms with van der Waals surface area (Å²) < 4.78 is 8.93. The van der Waals surface area contributed by atoms with Gasteiger partial charge in [-0.1, -0.05) is 0 Å². The van der Waals surface area contributed by atoms with Crippen LogP contribution in [0.2, 0.25) is 0 Å². The Bertz CT molecular complexity index is 601. The monoisotopic (exact) mass is 276 g/mol. The van der Waals surface area contributed by atoms with Crippen LogP contribution in [0.5, 0.6) is 5.75 Å². The maximum atomic E-state index is 11.5. The Morgan fingerprint density at radius 1 is 1.30 bits per heavy atom. The van der Waals surface area contributed by atoms with E-state index in [1.807, 2.05) is 6.07 Å². The third-order valence-electron chi connectivity index (χ3n) is 2.19. The first kappa shape index (κ1) is 15.0. The molecule has 20 heavy (non-hydrogen) atoms. The molecule has 0 aliphatic heterocycles. The van der Waals surface area contributed by atoms with Crippen LogP contribution < -0.4 is 5.32 Å². The van der Waals surface area contributed by atoms with E-state index in [9.17, 15) is 14.7 Å². The van der Waals surface area contributed by atoms with E-state index in [1.165, 1.54) is 18.2 Å². The van der Waals surface area contributed by atoms with Crippen molar-refractivity contribution in [3.8, 4) is 11.8 Å². The van der Waals surface area contributed by atoms with E-state index in [0.29, 0.717) is 0 Å². The highest BCUT2D eigenvalue weighted by Crippen LogP contribution is 2.20. The summed E-state index contributed by atoms with van der Waals surface area (Å²) in [6, 6.07) is 5.79. The minimum Gasteiger partial charge on any atom is -0.508 e. The Morgan fingerprint density at radius 3 is 2.55 bits per heavy atom. The van der Waals surface area contributed by atoms with Crippen molar-refractivity contribution in [1.82, 2.24) is 0 Å². The Hall–Kier alpha value is -3.01. The first-order valence-corrected chi connectivity index (χ1v) is 5.39. The van der Waals surface area contributed by atoms with Crippen molar-refractivity contribution < 1.29 is 24.2 Å². The van der Waals surface area contributed by atoms with Gasteiger partial charge in [-0.15, -0.1) is 0 Å². The maximum Gasteiger partial charge on any atom is 0.354 e. The molecule has 0 saturated carbocycles. The summed E-state index contributed by atoms with van der Waals surface area (Å²) in [4.78, 5) is 22.7. The number of methoxy groups -OCH3 is 2. The number of nitrogens with zero attached hydrogens (tertiary/aromatic N) is 1. The highest BCUT2D eigenvalue weighted by atomic mass is 16.5. The fourth-order valence-electron chi connectivity index (χ4n) is 1.34. The lowest BCUT2D eigenvalue weighted by atomic mass is 10.2. The molecule has 0 radical (unpaired) electrons. The lowest BCUT2D eigenvalue weighted by molar-refractivity contribution is -0.138. The number of benzene rings is 1. The molecule has 104 valence electrons. The zero-order chi connectivity index (χ0) is 15.1. The first-order valence-electron chi connectivity index (χ1n) is 5.39. The summed E-state index contributed by atoms with van der Waals surface area (Å²) in [6.07, 6.45) is 0.905. The first-order chi connectivity index (χ1) is 9.49. The van der Waals surface area contributed by atoms with Crippen molar-refractivity contribution >= 4 is 17.6 Å². The highest BCUT2D eigenvalue weighted by Gasteiger charge is 2.13. The number of anilines is 1. The van der Waals surface area contributed by atoms with Gasteiger partial charge in [-0.2, -0.15) is 5.26 Å². The summed E-state index contributed by atoms with van der Waals surface area (Å²) >= 11 is 0. The molecular weight excluding hydrogens is 264 g/mol. The average Bonchev–Trinajstić information content (AvgIpc) is 2.44. The van der Waals surface area contributed by atoms with Crippen LogP contribution in [0, 0.1) is 11.3 Å². The van der Waals surface area contributed by atoms with Gasteiger partial charge in [0.25, 0.3) is 0 Å². The van der Waals surface area contributed by atoms with Gasteiger partial charge in [0.1, 0.15) is 11.4 Å². The Labute approximate surface area is 115 Å². The van der Waals surface area contributed by atoms with Gasteiger partial charge in [-0.25, -0.2) is 9.59 Å². The van der Waals surface area contributed by atoms with Crippen LogP contribution >= 0.6 is 0 Å². The summed E-state index contributed by atoms with van der Waals surface area (Å²) in [7, 11) is 2.31. The number of rotatable bonds is 4. The molecule has 0 aliphatic carbocycles. The number of carbonyl (C=O) groups is 2. The number of nitriles is 1. The van der Waals surface area contributed by atoms with Crippen LogP contribution in [-0.2, 0) is 19.1 Å². The van der Waals surface area contributed by atoms with Crippen LogP contribution in [0.3, 0.4) is 0 Å². The third kappa shape index (κ3) is 4.03. The van der Waals surface area contributed by atoms with Crippen molar-refractivity contribution in [2.75, 3.05) is 19.5 Å². The molecule has 0 aliphatic rings. The van der Waals surface area contributed by atoms with E-state index in [2.05, 4.69) is 14.8 Å². The number of phenolic OH excluding ortho intramolecular Hbond substituents is 1. The van der Waals surface area contributed by atoms with Gasteiger partial charge >= 0.3 is 11.9 Å². The molecule has 7 nitrogen and oxygen atoms in total. The van der Waals surface area contributed by atoms with Crippen LogP contribution in [0.1, 0.15) is 5.56 Å². The molecule has 0 saturated heterocycles. The molecule has 0 aromatic heterocycles. The highest BCUT2D eigenvalue weighted by molar-refractivity contribution is 5.98. The van der Waals surface area contributed by atoms with E-state index in [4.69, 9.17) is 5.26 Å². The summed E-state index contributed by atoms with van der Waals surface area (Å²) in [6.45, 7) is 0. The zero-order valence-corrected chi connectivity index (χ0v) is 10.8. The molecular formula is C13H12N2O5. The molecule has 0 bridgehead atoms. The fourth-order valence-corrected chi connectivity index (χ4v) is 1.34. The van der Waals surface area contributed by atoms with Crippen molar-refractivity contribution in [2.24, 2.45) is 0 Å². The van der Waals surface area contributed by atoms with Crippen LogP contribution in [0.15, 0.2) is 30.0 Å². The van der Waals surface area contributed by atoms with Crippen LogP contribution in [0.25, 0.3) is 0 Å². The van der Waals surface area contributed by atoms with Gasteiger partial charge < -0.3 is 19.9 Å². The summed E-state index contributed by atoms with van der Waals surface area (Å²) in [5.74, 6) is -1.70. The summed E-state index contributed by atoms with van der Waals surface area (Å²) in [5.41, 5.74) is 0.255. The molecule has 0 atom stereocenters. The van der Waals surface area contributed by atoms with Crippen LogP contribution in [0.4, 0.5) is 5.69 Å². The van der Waals surface area contributed by atoms with Gasteiger partial charge in [0, 0.05) is 11.8 Å². The standard InChI is InChI=1S/C13H12N2O5/c1-19-12(17)6-11(13(18)20-2)15-9-3-8(7-14)4-10(16)5-9/h3-6,15-16H,1-2H3/b11-6+. The average molecular weight is 276 g/mol. The minimum absolute atomic E-state index is 0.158. The van der Waals surface area contributed by atoms with Gasteiger partial charge in [0.05, 0.1) is 31.9 Å². The molecule has 2 N–H and O–H groups in total. The number of carbonyl (C=O) groups excluding carboxylic acids is 2. The predicted octanol–water partition coefficient (Wildman–Crippen LogP) is 0.906. The molecule has 7 heteroatoms. The third-order valence-corrected chi connectivity index (χ3v) is 2.19. The minimum atomic E-state index is -0.794. The molecule has 1 aromatic rings. The number of ether oxygens (including phenoxy) is 2. The normalized spacial score (nSPS) is 10.3. The number of hydrogen-bond acceptors (Lipinski definition) is 7. The second-order valence-electron chi connectivity index (χ2n) is 3.58. The molecule has 1 rings (SSSR count). The second-order valence-corrected chi connectivity index (χ2v) is 3.58. The lowest BCUT2D eigenvalue weighted by Gasteiger charge is -2.09. The number of esters is 2. The van der Waals surface area contributed by atoms with E-state index in [1.54, 1.807) is 0 Å². The van der Waals surface area contributed by atoms with E-state index >= 15 is 0 Å². The number of phenols is 1. The molecule has 0 fully saturated rings. The molecule has 0 unspecified atom stereocenters. The van der Waals surface area contributed by atoms with Crippen LogP contribution in [-0.4, -0.2) is 31.3 Å². The molecule has 0 heterocycles. The maximum absolute atomic E-state index is 11.5. The second kappa shape index (κ2) is 6.80. The lowest BCUT2D eigenvalue weighted by Crippen LogP contribution is -2.15. The number of nitrogens with one attached hydrogen (secondary N) is 1. The van der Waals surface area contributed by atoms with Gasteiger partial charge in [0.2, 0.25) is 0 Å². The quantitative estimate of drug-likeness (QED) is 0.621. The summed E-state index contributed by atoms with van der Waals surface area (Å²) in [5, 5.41) is 20.8. The van der Waals surface area contributed by atoms with E-state index < -0.39 is 11.9 Å². The van der Waals surface area contributed by atoms with E-state index in [0.717, 1.165) is 20.3 Å². The number of aromatic hydroxyl groups is 1. The van der Waals surface area contributed by atoms with Gasteiger partial charge in [0.15, 0.2) is 0 Å². The van der Waals surface area contributed by atoms with Crippen molar-refractivity contribution in [3.63, 3.8) is 0 Å².